The summed E-state index contributed by atoms with van der Waals surface area (Å²) in [6.45, 7) is 1.20. The van der Waals surface area contributed by atoms with E-state index < -0.39 is 32.9 Å². The predicted octanol–water partition coefficient (Wildman–Crippen LogP) is 4.71. The minimum Gasteiger partial charge on any atom is -0.385 e. The van der Waals surface area contributed by atoms with Crippen molar-refractivity contribution in [3.05, 3.63) is 75.5 Å². The quantitative estimate of drug-likeness (QED) is 0.326. The van der Waals surface area contributed by atoms with Crippen molar-refractivity contribution in [2.75, 3.05) is 30.3 Å². The van der Waals surface area contributed by atoms with Gasteiger partial charge in [0.25, 0.3) is 10.0 Å². The number of rotatable bonds is 8. The van der Waals surface area contributed by atoms with Gasteiger partial charge in [-0.2, -0.15) is 0 Å². The summed E-state index contributed by atoms with van der Waals surface area (Å²) in [6, 6.07) is 5.65. The fourth-order valence-electron chi connectivity index (χ4n) is 2.66. The van der Waals surface area contributed by atoms with E-state index in [0.717, 1.165) is 24.6 Å². The number of halogens is 4. The summed E-state index contributed by atoms with van der Waals surface area (Å²) in [4.78, 5) is 7.81. The molecule has 7 nitrogen and oxygen atoms in total. The van der Waals surface area contributed by atoms with Crippen molar-refractivity contribution in [3.8, 4) is 11.8 Å². The molecule has 0 spiro atoms. The molecule has 1 heterocycles. The van der Waals surface area contributed by atoms with Crippen LogP contribution in [0, 0.1) is 23.5 Å². The van der Waals surface area contributed by atoms with Crippen LogP contribution in [0.5, 0.6) is 0 Å². The summed E-state index contributed by atoms with van der Waals surface area (Å²) in [7, 11) is -2.71. The number of methoxy groups -OCH3 is 1. The number of anilines is 2. The summed E-state index contributed by atoms with van der Waals surface area (Å²) in [5, 5.41) is 3.00. The average molecular weight is 527 g/mol. The maximum atomic E-state index is 14.9. The molecular formula is C22H18Cl2F2N4O3S. The third-order valence-corrected chi connectivity index (χ3v) is 6.39. The van der Waals surface area contributed by atoms with Crippen LogP contribution in [0.25, 0.3) is 0 Å². The van der Waals surface area contributed by atoms with Crippen LogP contribution < -0.4 is 10.0 Å². The second-order valence-corrected chi connectivity index (χ2v) is 9.28. The lowest BCUT2D eigenvalue weighted by Gasteiger charge is -2.11. The van der Waals surface area contributed by atoms with Gasteiger partial charge >= 0.3 is 0 Å². The van der Waals surface area contributed by atoms with Crippen LogP contribution >= 0.6 is 23.2 Å². The lowest BCUT2D eigenvalue weighted by atomic mass is 10.1. The van der Waals surface area contributed by atoms with Crippen molar-refractivity contribution in [3.63, 3.8) is 0 Å². The molecule has 2 aromatic carbocycles. The van der Waals surface area contributed by atoms with Crippen LogP contribution in [0.15, 0.2) is 47.6 Å². The highest BCUT2D eigenvalue weighted by Crippen LogP contribution is 2.28. The van der Waals surface area contributed by atoms with Gasteiger partial charge in [0.15, 0.2) is 5.82 Å². The Kier molecular flexibility index (Phi) is 8.63. The van der Waals surface area contributed by atoms with Crippen molar-refractivity contribution in [2.24, 2.45) is 0 Å². The Morgan fingerprint density at radius 3 is 2.53 bits per heavy atom. The first-order valence-corrected chi connectivity index (χ1v) is 12.0. The lowest BCUT2D eigenvalue weighted by molar-refractivity contribution is 0.197. The van der Waals surface area contributed by atoms with Crippen LogP contribution in [0.1, 0.15) is 17.5 Å². The molecule has 0 atom stereocenters. The zero-order valence-electron chi connectivity index (χ0n) is 17.7. The molecule has 0 aliphatic carbocycles. The SMILES string of the molecule is COCCCNc1ncc(C#Cc2c(F)ccc(NS(=O)(=O)c3cc(Cl)ccc3Cl)c2F)cn1. The van der Waals surface area contributed by atoms with E-state index in [1.807, 2.05) is 0 Å². The van der Waals surface area contributed by atoms with E-state index in [1.54, 1.807) is 7.11 Å². The van der Waals surface area contributed by atoms with Crippen molar-refractivity contribution in [1.82, 2.24) is 9.97 Å². The van der Waals surface area contributed by atoms with Gasteiger partial charge in [-0.1, -0.05) is 35.0 Å². The zero-order valence-corrected chi connectivity index (χ0v) is 20.0. The first-order chi connectivity index (χ1) is 16.2. The van der Waals surface area contributed by atoms with Crippen molar-refractivity contribution in [2.45, 2.75) is 11.3 Å². The van der Waals surface area contributed by atoms with Crippen molar-refractivity contribution in [1.29, 1.82) is 0 Å². The molecule has 0 aliphatic heterocycles. The minimum atomic E-state index is -4.31. The monoisotopic (exact) mass is 526 g/mol. The molecule has 0 unspecified atom stereocenters. The first kappa shape index (κ1) is 25.6. The van der Waals surface area contributed by atoms with E-state index in [2.05, 4.69) is 31.8 Å². The van der Waals surface area contributed by atoms with Crippen molar-refractivity contribution >= 4 is 44.9 Å². The standard InChI is InChI=1S/C22H18Cl2F2N4O3S/c1-33-10-2-9-27-22-28-12-14(13-29-22)3-5-16-18(25)7-8-19(21(16)26)30-34(31,32)20-11-15(23)4-6-17(20)24/h4,6-8,11-13,30H,2,9-10H2,1H3,(H,27,28,29). The first-order valence-electron chi connectivity index (χ1n) is 9.74. The van der Waals surface area contributed by atoms with Crippen LogP contribution in [-0.4, -0.2) is 38.6 Å². The largest absolute Gasteiger partial charge is 0.385 e. The third kappa shape index (κ3) is 6.55. The number of hydrogen-bond acceptors (Lipinski definition) is 6. The highest BCUT2D eigenvalue weighted by atomic mass is 35.5. The Bertz CT molecular complexity index is 1340. The van der Waals surface area contributed by atoms with E-state index >= 15 is 0 Å². The van der Waals surface area contributed by atoms with E-state index in [0.29, 0.717) is 24.7 Å². The number of aromatic nitrogens is 2. The molecule has 0 bridgehead atoms. The molecule has 34 heavy (non-hydrogen) atoms. The van der Waals surface area contributed by atoms with Gasteiger partial charge in [0.1, 0.15) is 10.7 Å². The average Bonchev–Trinajstić information content (AvgIpc) is 2.81. The van der Waals surface area contributed by atoms with Gasteiger partial charge in [0, 0.05) is 37.7 Å². The topological polar surface area (TPSA) is 93.2 Å². The molecule has 0 saturated heterocycles. The van der Waals surface area contributed by atoms with Crippen LogP contribution in [0.2, 0.25) is 10.0 Å². The summed E-state index contributed by atoms with van der Waals surface area (Å²) in [6.07, 6.45) is 3.55. The minimum absolute atomic E-state index is 0.115. The van der Waals surface area contributed by atoms with Gasteiger partial charge in [0.2, 0.25) is 5.95 Å². The summed E-state index contributed by atoms with van der Waals surface area (Å²) in [5.74, 6) is 3.15. The summed E-state index contributed by atoms with van der Waals surface area (Å²) < 4.78 is 61.5. The number of sulfonamides is 1. The fraction of sp³-hybridized carbons (Fsp3) is 0.182. The molecule has 0 fully saturated rings. The molecule has 3 aromatic rings. The maximum Gasteiger partial charge on any atom is 0.263 e. The third-order valence-electron chi connectivity index (χ3n) is 4.31. The van der Waals surface area contributed by atoms with Crippen LogP contribution in [0.3, 0.4) is 0 Å². The zero-order chi connectivity index (χ0) is 24.7. The van der Waals surface area contributed by atoms with E-state index in [4.69, 9.17) is 27.9 Å². The van der Waals surface area contributed by atoms with Gasteiger partial charge in [-0.3, -0.25) is 4.72 Å². The van der Waals surface area contributed by atoms with Gasteiger partial charge in [-0.05, 0) is 36.8 Å². The van der Waals surface area contributed by atoms with E-state index in [1.165, 1.54) is 24.5 Å². The maximum absolute atomic E-state index is 14.9. The highest BCUT2D eigenvalue weighted by Gasteiger charge is 2.22. The highest BCUT2D eigenvalue weighted by molar-refractivity contribution is 7.92. The van der Waals surface area contributed by atoms with Gasteiger partial charge in [0.05, 0.1) is 21.8 Å². The Morgan fingerprint density at radius 1 is 1.09 bits per heavy atom. The molecule has 0 amide bonds. The smallest absolute Gasteiger partial charge is 0.263 e. The Morgan fingerprint density at radius 2 is 1.82 bits per heavy atom. The molecule has 0 aliphatic rings. The second-order valence-electron chi connectivity index (χ2n) is 6.78. The molecule has 3 rings (SSSR count). The Hall–Kier alpha value is -2.97. The molecule has 0 saturated carbocycles. The van der Waals surface area contributed by atoms with Crippen LogP contribution in [0.4, 0.5) is 20.4 Å². The van der Waals surface area contributed by atoms with E-state index in [-0.39, 0.29) is 14.9 Å². The number of nitrogens with zero attached hydrogens (tertiary/aromatic N) is 2. The molecule has 178 valence electrons. The summed E-state index contributed by atoms with van der Waals surface area (Å²) >= 11 is 11.8. The predicted molar refractivity (Wildman–Crippen MR) is 127 cm³/mol. The second kappa shape index (κ2) is 11.4. The van der Waals surface area contributed by atoms with Crippen LogP contribution in [-0.2, 0) is 14.8 Å². The molecular weight excluding hydrogens is 509 g/mol. The van der Waals surface area contributed by atoms with Gasteiger partial charge in [-0.15, -0.1) is 0 Å². The number of nitrogens with one attached hydrogen (secondary N) is 2. The lowest BCUT2D eigenvalue weighted by Crippen LogP contribution is -2.15. The number of benzene rings is 2. The fourth-order valence-corrected chi connectivity index (χ4v) is 4.49. The molecule has 1 aromatic heterocycles. The number of ether oxygens (including phenoxy) is 1. The van der Waals surface area contributed by atoms with Gasteiger partial charge in [-0.25, -0.2) is 27.2 Å². The molecule has 0 radical (unpaired) electrons. The molecule has 2 N–H and O–H groups in total. The summed E-state index contributed by atoms with van der Waals surface area (Å²) in [5.41, 5.74) is -0.828. The van der Waals surface area contributed by atoms with E-state index in [9.17, 15) is 17.2 Å². The molecule has 12 heteroatoms. The van der Waals surface area contributed by atoms with Gasteiger partial charge < -0.3 is 10.1 Å². The number of hydrogen-bond donors (Lipinski definition) is 2. The normalized spacial score (nSPS) is 11.0. The Labute approximate surface area is 205 Å². The Balaban J connectivity index is 1.82. The van der Waals surface area contributed by atoms with Crippen molar-refractivity contribution < 1.29 is 21.9 Å².